The van der Waals surface area contributed by atoms with Gasteiger partial charge in [-0.25, -0.2) is 0 Å². The Kier molecular flexibility index (Phi) is 10.6. The van der Waals surface area contributed by atoms with Crippen LogP contribution in [0.4, 0.5) is 0 Å². The Bertz CT molecular complexity index is 2150. The number of aromatic hydroxyl groups is 10. The summed E-state index contributed by atoms with van der Waals surface area (Å²) < 4.78 is 11.6. The van der Waals surface area contributed by atoms with Crippen molar-refractivity contribution in [2.24, 2.45) is 0 Å². The molecule has 0 saturated carbocycles. The number of ether oxygens (including phenoxy) is 2. The lowest BCUT2D eigenvalue weighted by Gasteiger charge is -2.15. The van der Waals surface area contributed by atoms with E-state index in [1.807, 2.05) is 12.1 Å². The number of hydrogen-bond acceptors (Lipinski definition) is 12. The molecule has 0 atom stereocenters. The molecule has 0 aliphatic rings. The van der Waals surface area contributed by atoms with E-state index in [1.165, 1.54) is 36.4 Å². The van der Waals surface area contributed by atoms with Gasteiger partial charge in [0.2, 0.25) is 11.5 Å². The number of benzene rings is 6. The number of aryl methyl sites for hydroxylation is 6. The van der Waals surface area contributed by atoms with Gasteiger partial charge in [0.05, 0.1) is 0 Å². The van der Waals surface area contributed by atoms with E-state index in [9.17, 15) is 51.1 Å². The Morgan fingerprint density at radius 3 is 1.09 bits per heavy atom. The number of hydrogen-bond donors (Lipinski definition) is 10. The molecule has 0 aliphatic carbocycles. The minimum atomic E-state index is -0.583. The summed E-state index contributed by atoms with van der Waals surface area (Å²) in [4.78, 5) is 0. The minimum Gasteiger partial charge on any atom is -0.508 e. The van der Waals surface area contributed by atoms with Crippen molar-refractivity contribution in [3.63, 3.8) is 0 Å². The number of phenolic OH excluding ortho intramolecular Hbond substituents is 10. The fraction of sp³-hybridized carbons (Fsp3) is 0.143. The average molecular weight is 735 g/mol. The zero-order valence-corrected chi connectivity index (χ0v) is 28.8. The smallest absolute Gasteiger partial charge is 0.201 e. The molecule has 0 aliphatic heterocycles. The molecule has 0 bridgehead atoms. The molecule has 0 saturated heterocycles. The van der Waals surface area contributed by atoms with E-state index in [0.717, 1.165) is 23.3 Å². The summed E-state index contributed by atoms with van der Waals surface area (Å²) in [5, 5.41) is 104. The summed E-state index contributed by atoms with van der Waals surface area (Å²) in [7, 11) is 0. The van der Waals surface area contributed by atoms with Crippen molar-refractivity contribution in [3.8, 4) is 80.5 Å². The highest BCUT2D eigenvalue weighted by Crippen LogP contribution is 2.45. The fourth-order valence-electron chi connectivity index (χ4n) is 6.01. The Hall–Kier alpha value is -7.08. The highest BCUT2D eigenvalue weighted by Gasteiger charge is 2.19. The van der Waals surface area contributed by atoms with Crippen LogP contribution in [0.15, 0.2) is 97.1 Å². The molecule has 54 heavy (non-hydrogen) atoms. The molecule has 12 heteroatoms. The van der Waals surface area contributed by atoms with Gasteiger partial charge in [0.15, 0.2) is 46.0 Å². The van der Waals surface area contributed by atoms with Crippen LogP contribution in [0, 0.1) is 0 Å². The second-order valence-corrected chi connectivity index (χ2v) is 12.9. The second-order valence-electron chi connectivity index (χ2n) is 12.9. The molecule has 6 rings (SSSR count). The van der Waals surface area contributed by atoms with Crippen molar-refractivity contribution < 1.29 is 60.5 Å². The van der Waals surface area contributed by atoms with Gasteiger partial charge in [-0.05, 0) is 133 Å². The van der Waals surface area contributed by atoms with Gasteiger partial charge in [-0.2, -0.15) is 0 Å². The zero-order valence-electron chi connectivity index (χ0n) is 28.8. The van der Waals surface area contributed by atoms with Crippen molar-refractivity contribution in [3.05, 3.63) is 130 Å². The molecule has 6 aromatic rings. The molecule has 0 heterocycles. The molecule has 10 N–H and O–H groups in total. The average Bonchev–Trinajstić information content (AvgIpc) is 3.12. The molecule has 0 fully saturated rings. The third-order valence-corrected chi connectivity index (χ3v) is 8.88. The maximum atomic E-state index is 10.6. The Labute approximate surface area is 309 Å². The van der Waals surface area contributed by atoms with Crippen LogP contribution in [0.1, 0.15) is 33.4 Å². The first kappa shape index (κ1) is 36.7. The molecule has 278 valence electrons. The van der Waals surface area contributed by atoms with Crippen molar-refractivity contribution in [1.82, 2.24) is 0 Å². The Morgan fingerprint density at radius 2 is 0.704 bits per heavy atom. The van der Waals surface area contributed by atoms with E-state index in [1.54, 1.807) is 36.4 Å². The van der Waals surface area contributed by atoms with Crippen molar-refractivity contribution in [2.45, 2.75) is 38.5 Å². The van der Waals surface area contributed by atoms with Gasteiger partial charge in [-0.3, -0.25) is 0 Å². The van der Waals surface area contributed by atoms with E-state index in [2.05, 4.69) is 0 Å². The van der Waals surface area contributed by atoms with Crippen LogP contribution in [-0.2, 0) is 38.5 Å². The van der Waals surface area contributed by atoms with Crippen LogP contribution in [0.5, 0.6) is 80.5 Å². The standard InChI is InChI=1S/C42H38O12/c43-29-5-1-3-23(13-29)9-11-27-19-37(33(47)21-31(27)45)53-39-17-25(15-35(49)41(39)51)7-8-26-16-36(50)42(52)40(18-26)54-38-20-28(32(46)22-34(38)48)12-10-24-4-2-6-30(44)14-24/h1-6,13-22,43-52H,7-12H2. The molecule has 0 amide bonds. The summed E-state index contributed by atoms with van der Waals surface area (Å²) in [5.74, 6) is -3.63. The third kappa shape index (κ3) is 8.68. The van der Waals surface area contributed by atoms with Gasteiger partial charge in [0.1, 0.15) is 23.0 Å². The van der Waals surface area contributed by atoms with E-state index < -0.39 is 34.5 Å². The van der Waals surface area contributed by atoms with E-state index in [4.69, 9.17) is 9.47 Å². The first-order valence-electron chi connectivity index (χ1n) is 16.9. The number of phenols is 10. The lowest BCUT2D eigenvalue weighted by Crippen LogP contribution is -1.97. The predicted octanol–water partition coefficient (Wildman–Crippen LogP) is 7.68. The molecule has 6 aromatic carbocycles. The molecule has 0 spiro atoms. The van der Waals surface area contributed by atoms with Crippen molar-refractivity contribution in [2.75, 3.05) is 0 Å². The lowest BCUT2D eigenvalue weighted by atomic mass is 10.0. The van der Waals surface area contributed by atoms with Gasteiger partial charge < -0.3 is 60.5 Å². The largest absolute Gasteiger partial charge is 0.508 e. The fourth-order valence-corrected chi connectivity index (χ4v) is 6.01. The van der Waals surface area contributed by atoms with Crippen molar-refractivity contribution in [1.29, 1.82) is 0 Å². The van der Waals surface area contributed by atoms with Gasteiger partial charge in [0, 0.05) is 12.1 Å². The minimum absolute atomic E-state index is 0.0872. The third-order valence-electron chi connectivity index (χ3n) is 8.88. The first-order chi connectivity index (χ1) is 25.8. The van der Waals surface area contributed by atoms with Crippen LogP contribution < -0.4 is 9.47 Å². The topological polar surface area (TPSA) is 221 Å². The van der Waals surface area contributed by atoms with Crippen LogP contribution >= 0.6 is 0 Å². The molecular weight excluding hydrogens is 696 g/mol. The zero-order chi connectivity index (χ0) is 38.5. The summed E-state index contributed by atoms with van der Waals surface area (Å²) in [6.45, 7) is 0. The Morgan fingerprint density at radius 1 is 0.315 bits per heavy atom. The van der Waals surface area contributed by atoms with E-state index in [0.29, 0.717) is 47.9 Å². The highest BCUT2D eigenvalue weighted by molar-refractivity contribution is 5.58. The van der Waals surface area contributed by atoms with Crippen LogP contribution in [-0.4, -0.2) is 51.1 Å². The lowest BCUT2D eigenvalue weighted by molar-refractivity contribution is 0.359. The maximum Gasteiger partial charge on any atom is 0.201 e. The second kappa shape index (κ2) is 15.7. The van der Waals surface area contributed by atoms with E-state index in [-0.39, 0.29) is 58.8 Å². The monoisotopic (exact) mass is 734 g/mol. The molecule has 12 nitrogen and oxygen atoms in total. The highest BCUT2D eigenvalue weighted by atomic mass is 16.5. The molecule has 0 aromatic heterocycles. The molecule has 0 unspecified atom stereocenters. The quantitative estimate of drug-likeness (QED) is 0.0516. The summed E-state index contributed by atoms with van der Waals surface area (Å²) in [6.07, 6.45) is 2.06. The van der Waals surface area contributed by atoms with Crippen molar-refractivity contribution >= 4 is 0 Å². The maximum absolute atomic E-state index is 10.6. The molecular formula is C42H38O12. The van der Waals surface area contributed by atoms with Gasteiger partial charge in [0.25, 0.3) is 0 Å². The first-order valence-corrected chi connectivity index (χ1v) is 16.9. The van der Waals surface area contributed by atoms with Gasteiger partial charge >= 0.3 is 0 Å². The summed E-state index contributed by atoms with van der Waals surface area (Å²) in [5.41, 5.74) is 3.50. The summed E-state index contributed by atoms with van der Waals surface area (Å²) in [6, 6.07) is 24.0. The Balaban J connectivity index is 1.17. The van der Waals surface area contributed by atoms with Gasteiger partial charge in [-0.15, -0.1) is 0 Å². The summed E-state index contributed by atoms with van der Waals surface area (Å²) >= 11 is 0. The molecule has 0 radical (unpaired) electrons. The van der Waals surface area contributed by atoms with E-state index >= 15 is 0 Å². The SMILES string of the molecule is Oc1cccc(CCc2cc(Oc3cc(CCc4cc(O)c(O)c(Oc5cc(CCc6cccc(O)c6)c(O)cc5O)c4)cc(O)c3O)c(O)cc2O)c1. The van der Waals surface area contributed by atoms with Crippen LogP contribution in [0.25, 0.3) is 0 Å². The van der Waals surface area contributed by atoms with Crippen LogP contribution in [0.3, 0.4) is 0 Å². The van der Waals surface area contributed by atoms with Crippen LogP contribution in [0.2, 0.25) is 0 Å². The number of rotatable bonds is 13. The predicted molar refractivity (Wildman–Crippen MR) is 198 cm³/mol. The van der Waals surface area contributed by atoms with Gasteiger partial charge in [-0.1, -0.05) is 24.3 Å². The normalized spacial score (nSPS) is 11.0.